The SMILES string of the molecule is O=c1ncc(-c2cncc(S(=O)[O-])c2)c[nH]1. The van der Waals surface area contributed by atoms with Gasteiger partial charge in [-0.15, -0.1) is 0 Å². The Kier molecular flexibility index (Phi) is 2.88. The van der Waals surface area contributed by atoms with Crippen molar-refractivity contribution in [1.29, 1.82) is 0 Å². The Morgan fingerprint density at radius 2 is 2.06 bits per heavy atom. The van der Waals surface area contributed by atoms with Crippen LogP contribution >= 0.6 is 0 Å². The Bertz CT molecular complexity index is 576. The van der Waals surface area contributed by atoms with Gasteiger partial charge in [-0.1, -0.05) is 0 Å². The highest BCUT2D eigenvalue weighted by Gasteiger charge is 2.01. The van der Waals surface area contributed by atoms with Crippen LogP contribution in [0.25, 0.3) is 11.1 Å². The van der Waals surface area contributed by atoms with E-state index < -0.39 is 16.8 Å². The lowest BCUT2D eigenvalue weighted by molar-refractivity contribution is 0.536. The summed E-state index contributed by atoms with van der Waals surface area (Å²) in [4.78, 5) is 20.6. The van der Waals surface area contributed by atoms with Gasteiger partial charge in [0, 0.05) is 40.8 Å². The minimum Gasteiger partial charge on any atom is -0.768 e. The van der Waals surface area contributed by atoms with Crippen molar-refractivity contribution >= 4 is 11.1 Å². The van der Waals surface area contributed by atoms with E-state index in [1.807, 2.05) is 0 Å². The van der Waals surface area contributed by atoms with Crippen LogP contribution < -0.4 is 5.69 Å². The number of pyridine rings is 1. The maximum Gasteiger partial charge on any atom is 0.344 e. The second-order valence-electron chi connectivity index (χ2n) is 2.95. The zero-order valence-electron chi connectivity index (χ0n) is 7.91. The first kappa shape index (κ1) is 10.7. The number of nitrogens with one attached hydrogen (secondary N) is 1. The molecule has 82 valence electrons. The van der Waals surface area contributed by atoms with E-state index >= 15 is 0 Å². The summed E-state index contributed by atoms with van der Waals surface area (Å²) in [5.74, 6) is 0. The molecular weight excluding hydrogens is 230 g/mol. The van der Waals surface area contributed by atoms with Crippen molar-refractivity contribution in [3.05, 3.63) is 41.3 Å². The molecule has 2 aromatic rings. The quantitative estimate of drug-likeness (QED) is 0.744. The van der Waals surface area contributed by atoms with Gasteiger partial charge in [0.15, 0.2) is 0 Å². The number of nitrogens with zero attached hydrogens (tertiary/aromatic N) is 2. The Morgan fingerprint density at radius 1 is 1.25 bits per heavy atom. The maximum atomic E-state index is 10.7. The second-order valence-corrected chi connectivity index (χ2v) is 3.89. The molecule has 1 atom stereocenters. The fraction of sp³-hybridized carbons (Fsp3) is 0. The average molecular weight is 236 g/mol. The number of hydrogen-bond donors (Lipinski definition) is 1. The van der Waals surface area contributed by atoms with Crippen LogP contribution in [0.3, 0.4) is 0 Å². The second kappa shape index (κ2) is 4.33. The number of aromatic nitrogens is 3. The van der Waals surface area contributed by atoms with Gasteiger partial charge in [-0.3, -0.25) is 9.19 Å². The van der Waals surface area contributed by atoms with Gasteiger partial charge in [-0.25, -0.2) is 9.78 Å². The zero-order valence-corrected chi connectivity index (χ0v) is 8.73. The molecular formula is C9H6N3O3S-. The Balaban J connectivity index is 2.48. The van der Waals surface area contributed by atoms with Crippen molar-refractivity contribution in [1.82, 2.24) is 15.0 Å². The lowest BCUT2D eigenvalue weighted by atomic mass is 10.2. The monoisotopic (exact) mass is 236 g/mol. The van der Waals surface area contributed by atoms with Crippen LogP contribution in [0, 0.1) is 0 Å². The normalized spacial score (nSPS) is 12.3. The summed E-state index contributed by atoms with van der Waals surface area (Å²) in [7, 11) is 0. The highest BCUT2D eigenvalue weighted by Crippen LogP contribution is 2.17. The summed E-state index contributed by atoms with van der Waals surface area (Å²) in [5, 5.41) is 0. The molecule has 7 heteroatoms. The van der Waals surface area contributed by atoms with E-state index in [9.17, 15) is 13.6 Å². The first-order chi connectivity index (χ1) is 7.66. The molecule has 1 unspecified atom stereocenters. The molecule has 2 heterocycles. The van der Waals surface area contributed by atoms with Crippen molar-refractivity contribution in [2.45, 2.75) is 4.90 Å². The summed E-state index contributed by atoms with van der Waals surface area (Å²) in [6, 6.07) is 1.45. The maximum absolute atomic E-state index is 10.7. The zero-order chi connectivity index (χ0) is 11.5. The van der Waals surface area contributed by atoms with Gasteiger partial charge in [0.2, 0.25) is 0 Å². The predicted molar refractivity (Wildman–Crippen MR) is 55.3 cm³/mol. The van der Waals surface area contributed by atoms with Crippen LogP contribution in [-0.4, -0.2) is 23.7 Å². The van der Waals surface area contributed by atoms with Gasteiger partial charge in [-0.05, 0) is 17.1 Å². The van der Waals surface area contributed by atoms with Crippen molar-refractivity contribution in [2.24, 2.45) is 0 Å². The molecule has 16 heavy (non-hydrogen) atoms. The minimum absolute atomic E-state index is 0.0868. The molecule has 0 saturated carbocycles. The first-order valence-corrected chi connectivity index (χ1v) is 5.34. The number of aromatic amines is 1. The van der Waals surface area contributed by atoms with E-state index in [2.05, 4.69) is 15.0 Å². The van der Waals surface area contributed by atoms with Gasteiger partial charge in [0.05, 0.1) is 0 Å². The van der Waals surface area contributed by atoms with Gasteiger partial charge in [0.25, 0.3) is 0 Å². The average Bonchev–Trinajstić information content (AvgIpc) is 2.30. The number of H-pyrrole nitrogens is 1. The van der Waals surface area contributed by atoms with Crippen molar-refractivity contribution < 1.29 is 8.76 Å². The highest BCUT2D eigenvalue weighted by atomic mass is 32.2. The van der Waals surface area contributed by atoms with E-state index in [0.717, 1.165) is 0 Å². The van der Waals surface area contributed by atoms with Crippen LogP contribution in [-0.2, 0) is 11.1 Å². The van der Waals surface area contributed by atoms with E-state index in [4.69, 9.17) is 0 Å². The third-order valence-electron chi connectivity index (χ3n) is 1.91. The third kappa shape index (κ3) is 2.20. The topological polar surface area (TPSA) is 98.8 Å². The van der Waals surface area contributed by atoms with Crippen LogP contribution in [0.2, 0.25) is 0 Å². The van der Waals surface area contributed by atoms with Crippen molar-refractivity contribution in [3.8, 4) is 11.1 Å². The summed E-state index contributed by atoms with van der Waals surface area (Å²) in [6.45, 7) is 0. The molecule has 6 nitrogen and oxygen atoms in total. The van der Waals surface area contributed by atoms with E-state index in [0.29, 0.717) is 11.1 Å². The Labute approximate surface area is 92.7 Å². The fourth-order valence-electron chi connectivity index (χ4n) is 1.17. The van der Waals surface area contributed by atoms with E-state index in [-0.39, 0.29) is 4.90 Å². The lowest BCUT2D eigenvalue weighted by Gasteiger charge is -2.06. The van der Waals surface area contributed by atoms with E-state index in [1.54, 1.807) is 0 Å². The minimum atomic E-state index is -2.32. The molecule has 1 N–H and O–H groups in total. The van der Waals surface area contributed by atoms with Gasteiger partial charge >= 0.3 is 5.69 Å². The highest BCUT2D eigenvalue weighted by molar-refractivity contribution is 7.79. The molecule has 0 radical (unpaired) electrons. The molecule has 0 aromatic carbocycles. The van der Waals surface area contributed by atoms with Gasteiger partial charge in [0.1, 0.15) is 0 Å². The lowest BCUT2D eigenvalue weighted by Crippen LogP contribution is -2.07. The molecule has 0 saturated heterocycles. The van der Waals surface area contributed by atoms with E-state index in [1.165, 1.54) is 30.9 Å². The summed E-state index contributed by atoms with van der Waals surface area (Å²) >= 11 is -2.32. The van der Waals surface area contributed by atoms with Crippen molar-refractivity contribution in [3.63, 3.8) is 0 Å². The third-order valence-corrected chi connectivity index (χ3v) is 2.52. The smallest absolute Gasteiger partial charge is 0.344 e. The van der Waals surface area contributed by atoms with Gasteiger partial charge in [-0.2, -0.15) is 0 Å². The molecule has 0 spiro atoms. The molecule has 0 aliphatic rings. The largest absolute Gasteiger partial charge is 0.768 e. The standard InChI is InChI=1S/C9H7N3O3S/c13-9-11-3-7(4-12-9)6-1-8(16(14)15)5-10-2-6/h1-5H,(H,14,15)(H,11,12,13)/p-1. The fourth-order valence-corrected chi connectivity index (χ4v) is 1.54. The van der Waals surface area contributed by atoms with Gasteiger partial charge < -0.3 is 9.54 Å². The predicted octanol–water partition coefficient (Wildman–Crippen LogP) is 0.0699. The molecule has 2 aromatic heterocycles. The number of rotatable bonds is 2. The van der Waals surface area contributed by atoms with Crippen LogP contribution in [0.5, 0.6) is 0 Å². The summed E-state index contributed by atoms with van der Waals surface area (Å²) in [6.07, 6.45) is 5.54. The van der Waals surface area contributed by atoms with Crippen molar-refractivity contribution in [2.75, 3.05) is 0 Å². The molecule has 0 amide bonds. The van der Waals surface area contributed by atoms with Crippen LogP contribution in [0.15, 0.2) is 40.5 Å². The first-order valence-electron chi connectivity index (χ1n) is 4.26. The van der Waals surface area contributed by atoms with Crippen LogP contribution in [0.1, 0.15) is 0 Å². The number of hydrogen-bond acceptors (Lipinski definition) is 5. The summed E-state index contributed by atoms with van der Waals surface area (Å²) in [5.41, 5.74) is 0.713. The molecule has 0 bridgehead atoms. The molecule has 0 aliphatic heterocycles. The Hall–Kier alpha value is -1.86. The molecule has 0 aliphatic carbocycles. The van der Waals surface area contributed by atoms with Crippen LogP contribution in [0.4, 0.5) is 0 Å². The summed E-state index contributed by atoms with van der Waals surface area (Å²) < 4.78 is 21.5. The molecule has 0 fully saturated rings. The Morgan fingerprint density at radius 3 is 2.69 bits per heavy atom. The molecule has 2 rings (SSSR count).